The van der Waals surface area contributed by atoms with Gasteiger partial charge in [0.2, 0.25) is 10.0 Å². The molecule has 8 heteroatoms. The molecule has 0 heterocycles. The number of rotatable bonds is 2. The molecule has 0 rings (SSSR count). The smallest absolute Gasteiger partial charge is 0.325 e. The molecule has 0 saturated heterocycles. The second-order valence-electron chi connectivity index (χ2n) is 1.41. The third-order valence-electron chi connectivity index (χ3n) is 0.285. The minimum absolute atomic E-state index is 0.770. The predicted octanol–water partition coefficient (Wildman–Crippen LogP) is -0.434. The van der Waals surface area contributed by atoms with Gasteiger partial charge in [0.25, 0.3) is 0 Å². The molecule has 0 saturated carbocycles. The van der Waals surface area contributed by atoms with E-state index in [0.29, 0.717) is 0 Å². The second-order valence-corrected chi connectivity index (χ2v) is 6.40. The maximum absolute atomic E-state index is 10.2. The molecule has 0 aliphatic rings. The molecule has 0 spiro atoms. The highest BCUT2D eigenvalue weighted by Crippen LogP contribution is 2.40. The minimum Gasteiger partial charge on any atom is -0.325 e. The summed E-state index contributed by atoms with van der Waals surface area (Å²) in [5.41, 5.74) is 0. The number of hydrogen-bond donors (Lipinski definition) is 3. The first-order valence-electron chi connectivity index (χ1n) is 1.75. The van der Waals surface area contributed by atoms with Crippen LogP contribution in [0.1, 0.15) is 0 Å². The summed E-state index contributed by atoms with van der Waals surface area (Å²) in [6.07, 6.45) is 0.770. The van der Waals surface area contributed by atoms with Gasteiger partial charge < -0.3 is 4.89 Å². The Balaban J connectivity index is 4.26. The number of sulfonamides is 1. The summed E-state index contributed by atoms with van der Waals surface area (Å²) < 4.78 is 31.9. The highest BCUT2D eigenvalue weighted by molar-refractivity contribution is 8.46. The Kier molecular flexibility index (Phi) is 2.72. The summed E-state index contributed by atoms with van der Waals surface area (Å²) in [4.78, 5) is 8.28. The lowest BCUT2D eigenvalue weighted by atomic mass is 12.0. The van der Waals surface area contributed by atoms with Crippen LogP contribution >= 0.6 is 19.0 Å². The van der Waals surface area contributed by atoms with Gasteiger partial charge in [-0.05, 0) is 0 Å². The molecule has 1 atom stereocenters. The van der Waals surface area contributed by atoms with Crippen molar-refractivity contribution < 1.29 is 17.9 Å². The summed E-state index contributed by atoms with van der Waals surface area (Å²) in [7, 11) is -3.62. The molecule has 5 nitrogen and oxygen atoms in total. The summed E-state index contributed by atoms with van der Waals surface area (Å²) in [5, 5.41) is 0. The fourth-order valence-electron chi connectivity index (χ4n) is 0.216. The molecule has 0 aliphatic carbocycles. The minimum atomic E-state index is -3.93. The highest BCUT2D eigenvalue weighted by Gasteiger charge is 2.16. The number of nitrogens with one attached hydrogen (secondary N) is 1. The molecular formula is CH6NO4PS2. The molecule has 0 radical (unpaired) electrons. The second kappa shape index (κ2) is 2.59. The lowest BCUT2D eigenvalue weighted by molar-refractivity contribution is 0.492. The first-order valence-corrected chi connectivity index (χ1v) is 6.46. The molecule has 0 fully saturated rings. The lowest BCUT2D eigenvalue weighted by Gasteiger charge is -2.01. The van der Waals surface area contributed by atoms with Crippen LogP contribution in [0.15, 0.2) is 0 Å². The van der Waals surface area contributed by atoms with Crippen LogP contribution in [0, 0.1) is 0 Å². The van der Waals surface area contributed by atoms with Crippen LogP contribution in [-0.4, -0.2) is 19.6 Å². The predicted molar refractivity (Wildman–Crippen MR) is 36.8 cm³/mol. The van der Waals surface area contributed by atoms with Gasteiger partial charge in [0.15, 0.2) is 0 Å². The third-order valence-corrected chi connectivity index (χ3v) is 3.30. The van der Waals surface area contributed by atoms with Crippen molar-refractivity contribution in [2.24, 2.45) is 0 Å². The summed E-state index contributed by atoms with van der Waals surface area (Å²) in [5.74, 6) is 0. The molecule has 2 N–H and O–H groups in total. The third kappa shape index (κ3) is 8.45. The van der Waals surface area contributed by atoms with Gasteiger partial charge in [-0.15, -0.1) is 4.49 Å². The Bertz CT molecular complexity index is 225. The Morgan fingerprint density at radius 3 is 2.00 bits per heavy atom. The van der Waals surface area contributed by atoms with Crippen LogP contribution in [0.5, 0.6) is 0 Å². The highest BCUT2D eigenvalue weighted by atomic mass is 32.7. The molecule has 9 heavy (non-hydrogen) atoms. The monoisotopic (exact) mass is 191 g/mol. The topological polar surface area (TPSA) is 83.5 Å². The van der Waals surface area contributed by atoms with Gasteiger partial charge in [0.05, 0.1) is 6.26 Å². The van der Waals surface area contributed by atoms with Crippen molar-refractivity contribution in [1.29, 1.82) is 0 Å². The van der Waals surface area contributed by atoms with Crippen LogP contribution < -0.4 is 4.49 Å². The first kappa shape index (κ1) is 9.45. The normalized spacial score (nSPS) is 19.0. The summed E-state index contributed by atoms with van der Waals surface area (Å²) in [6.45, 7) is -3.93. The molecular weight excluding hydrogens is 185 g/mol. The van der Waals surface area contributed by atoms with E-state index in [4.69, 9.17) is 4.89 Å². The van der Waals surface area contributed by atoms with Gasteiger partial charge in [0.1, 0.15) is 0 Å². The van der Waals surface area contributed by atoms with E-state index in [1.807, 2.05) is 0 Å². The fraction of sp³-hybridized carbons (Fsp3) is 1.00. The molecule has 0 aromatic rings. The van der Waals surface area contributed by atoms with Gasteiger partial charge in [-0.3, -0.25) is 4.57 Å². The average molecular weight is 191 g/mol. The van der Waals surface area contributed by atoms with Crippen molar-refractivity contribution in [3.05, 3.63) is 0 Å². The zero-order valence-corrected chi connectivity index (χ0v) is 7.08. The Hall–Kier alpha value is 0.450. The van der Waals surface area contributed by atoms with E-state index in [1.165, 1.54) is 4.49 Å². The molecule has 0 aliphatic heterocycles. The van der Waals surface area contributed by atoms with E-state index in [2.05, 4.69) is 12.2 Å². The molecule has 0 amide bonds. The number of hydrogen-bond acceptors (Lipinski definition) is 3. The number of thiol groups is 1. The molecule has 1 unspecified atom stereocenters. The van der Waals surface area contributed by atoms with Gasteiger partial charge >= 0.3 is 6.72 Å². The fourth-order valence-corrected chi connectivity index (χ4v) is 3.28. The van der Waals surface area contributed by atoms with Crippen LogP contribution in [0.4, 0.5) is 0 Å². The molecule has 0 aromatic carbocycles. The van der Waals surface area contributed by atoms with Crippen LogP contribution in [0.25, 0.3) is 0 Å². The average Bonchev–Trinajstić information content (AvgIpc) is 1.14. The van der Waals surface area contributed by atoms with Crippen LogP contribution in [0.2, 0.25) is 0 Å². The van der Waals surface area contributed by atoms with Gasteiger partial charge in [0, 0.05) is 0 Å². The maximum atomic E-state index is 10.2. The van der Waals surface area contributed by atoms with E-state index in [-0.39, 0.29) is 0 Å². The quantitative estimate of drug-likeness (QED) is 0.408. The van der Waals surface area contributed by atoms with Gasteiger partial charge in [-0.1, -0.05) is 12.2 Å². The zero-order chi connectivity index (χ0) is 7.71. The van der Waals surface area contributed by atoms with E-state index >= 15 is 0 Å². The lowest BCUT2D eigenvalue weighted by Crippen LogP contribution is -2.15. The summed E-state index contributed by atoms with van der Waals surface area (Å²) >= 11 is 3.07. The zero-order valence-electron chi connectivity index (χ0n) is 4.47. The van der Waals surface area contributed by atoms with E-state index < -0.39 is 16.7 Å². The van der Waals surface area contributed by atoms with Crippen molar-refractivity contribution in [2.45, 2.75) is 0 Å². The first-order chi connectivity index (χ1) is 3.71. The molecule has 56 valence electrons. The Morgan fingerprint density at radius 2 is 2.00 bits per heavy atom. The maximum Gasteiger partial charge on any atom is 0.334 e. The van der Waals surface area contributed by atoms with Gasteiger partial charge in [-0.2, -0.15) is 0 Å². The largest absolute Gasteiger partial charge is 0.334 e. The van der Waals surface area contributed by atoms with Crippen molar-refractivity contribution in [3.8, 4) is 0 Å². The van der Waals surface area contributed by atoms with E-state index in [1.54, 1.807) is 0 Å². The van der Waals surface area contributed by atoms with Crippen LogP contribution in [0.3, 0.4) is 0 Å². The van der Waals surface area contributed by atoms with Crippen molar-refractivity contribution in [1.82, 2.24) is 4.49 Å². The van der Waals surface area contributed by atoms with E-state index in [9.17, 15) is 13.0 Å². The Labute approximate surface area is 58.2 Å². The van der Waals surface area contributed by atoms with Crippen LogP contribution in [-0.2, 0) is 14.6 Å². The van der Waals surface area contributed by atoms with Crippen molar-refractivity contribution in [3.63, 3.8) is 0 Å². The molecule has 0 bridgehead atoms. The summed E-state index contributed by atoms with van der Waals surface area (Å²) in [6, 6.07) is 0. The SMILES string of the molecule is CS(=O)(=O)NP(=O)(O)S. The molecule has 0 aromatic heterocycles. The van der Waals surface area contributed by atoms with Crippen molar-refractivity contribution >= 4 is 29.0 Å². The Morgan fingerprint density at radius 1 is 1.67 bits per heavy atom. The van der Waals surface area contributed by atoms with E-state index in [0.717, 1.165) is 6.26 Å². The van der Waals surface area contributed by atoms with Crippen molar-refractivity contribution in [2.75, 3.05) is 6.26 Å². The standard InChI is InChI=1S/CH6NO4PS2/c1-9(5,6)2-7(3,4)8/h1H3,(H3,2,3,4,8). The van der Waals surface area contributed by atoms with Gasteiger partial charge in [-0.25, -0.2) is 8.42 Å².